The molecule has 0 unspecified atom stereocenters. The molecule has 144 valence electrons. The molecule has 28 heavy (non-hydrogen) atoms. The maximum atomic E-state index is 12.7. The Morgan fingerprint density at radius 3 is 2.68 bits per heavy atom. The molecule has 1 N–H and O–H groups in total. The second-order valence-corrected chi connectivity index (χ2v) is 7.44. The van der Waals surface area contributed by atoms with Crippen molar-refractivity contribution < 1.29 is 14.4 Å². The van der Waals surface area contributed by atoms with E-state index in [1.165, 1.54) is 0 Å². The number of anilines is 3. The topological polar surface area (TPSA) is 69.7 Å². The van der Waals surface area contributed by atoms with Crippen molar-refractivity contribution in [2.75, 3.05) is 21.7 Å². The molecule has 3 amide bonds. The lowest BCUT2D eigenvalue weighted by Gasteiger charge is -2.20. The van der Waals surface area contributed by atoms with Crippen molar-refractivity contribution in [3.05, 3.63) is 53.6 Å². The molecule has 0 spiro atoms. The minimum atomic E-state index is -0.220. The van der Waals surface area contributed by atoms with Crippen LogP contribution in [0.25, 0.3) is 0 Å². The van der Waals surface area contributed by atoms with Gasteiger partial charge in [0, 0.05) is 48.6 Å². The van der Waals surface area contributed by atoms with Gasteiger partial charge in [-0.2, -0.15) is 0 Å². The normalized spacial score (nSPS) is 18.4. The van der Waals surface area contributed by atoms with Crippen LogP contribution in [0.15, 0.2) is 42.5 Å². The van der Waals surface area contributed by atoms with Gasteiger partial charge in [-0.05, 0) is 61.7 Å². The van der Waals surface area contributed by atoms with E-state index in [4.69, 9.17) is 0 Å². The molecule has 2 heterocycles. The van der Waals surface area contributed by atoms with Crippen LogP contribution < -0.4 is 15.1 Å². The lowest BCUT2D eigenvalue weighted by Crippen LogP contribution is -2.33. The standard InChI is InChI=1S/C22H23N3O3/c1-14-11-17-12-18(8-9-20(17)25(14)15(2)26)23-22(28)16-5-3-6-19(13-16)24-10-4-7-21(24)27/h3,5-6,8-9,12-14H,4,7,10-11H2,1-2H3,(H,23,28)/t14-/m0/s1. The van der Waals surface area contributed by atoms with Gasteiger partial charge in [-0.25, -0.2) is 0 Å². The molecule has 1 saturated heterocycles. The summed E-state index contributed by atoms with van der Waals surface area (Å²) in [6.45, 7) is 4.28. The highest BCUT2D eigenvalue weighted by Crippen LogP contribution is 2.34. The summed E-state index contributed by atoms with van der Waals surface area (Å²) < 4.78 is 0. The van der Waals surface area contributed by atoms with E-state index in [1.807, 2.05) is 31.2 Å². The first-order chi connectivity index (χ1) is 13.4. The minimum absolute atomic E-state index is 0.0244. The molecule has 2 aliphatic rings. The summed E-state index contributed by atoms with van der Waals surface area (Å²) in [7, 11) is 0. The van der Waals surface area contributed by atoms with E-state index in [2.05, 4.69) is 5.32 Å². The van der Waals surface area contributed by atoms with Gasteiger partial charge in [0.05, 0.1) is 0 Å². The smallest absolute Gasteiger partial charge is 0.255 e. The van der Waals surface area contributed by atoms with Gasteiger partial charge in [0.2, 0.25) is 11.8 Å². The van der Waals surface area contributed by atoms with Crippen LogP contribution in [-0.4, -0.2) is 30.3 Å². The van der Waals surface area contributed by atoms with E-state index < -0.39 is 0 Å². The van der Waals surface area contributed by atoms with Crippen LogP contribution in [0.5, 0.6) is 0 Å². The molecule has 2 aliphatic heterocycles. The van der Waals surface area contributed by atoms with Crippen LogP contribution in [-0.2, 0) is 16.0 Å². The largest absolute Gasteiger partial charge is 0.322 e. The Morgan fingerprint density at radius 2 is 1.96 bits per heavy atom. The zero-order valence-electron chi connectivity index (χ0n) is 16.1. The molecule has 1 atom stereocenters. The highest BCUT2D eigenvalue weighted by Gasteiger charge is 2.29. The Morgan fingerprint density at radius 1 is 1.14 bits per heavy atom. The summed E-state index contributed by atoms with van der Waals surface area (Å²) in [5, 5.41) is 2.93. The number of amides is 3. The second kappa shape index (κ2) is 7.11. The number of hydrogen-bond acceptors (Lipinski definition) is 3. The average Bonchev–Trinajstić information content (AvgIpc) is 3.23. The van der Waals surface area contributed by atoms with E-state index in [0.717, 1.165) is 29.8 Å². The van der Waals surface area contributed by atoms with Gasteiger partial charge in [0.25, 0.3) is 5.91 Å². The molecule has 0 aromatic heterocycles. The van der Waals surface area contributed by atoms with Gasteiger partial charge in [0.15, 0.2) is 0 Å². The van der Waals surface area contributed by atoms with Crippen molar-refractivity contribution in [1.29, 1.82) is 0 Å². The number of nitrogens with zero attached hydrogens (tertiary/aromatic N) is 2. The fraction of sp³-hybridized carbons (Fsp3) is 0.318. The van der Waals surface area contributed by atoms with Crippen LogP contribution in [0.3, 0.4) is 0 Å². The molecule has 0 radical (unpaired) electrons. The molecule has 4 rings (SSSR count). The summed E-state index contributed by atoms with van der Waals surface area (Å²) in [4.78, 5) is 40.0. The lowest BCUT2D eigenvalue weighted by molar-refractivity contribution is -0.117. The summed E-state index contributed by atoms with van der Waals surface area (Å²) in [6.07, 6.45) is 2.17. The number of nitrogens with one attached hydrogen (secondary N) is 1. The number of benzene rings is 2. The van der Waals surface area contributed by atoms with E-state index in [-0.39, 0.29) is 23.8 Å². The van der Waals surface area contributed by atoms with Crippen molar-refractivity contribution >= 4 is 34.8 Å². The molecule has 1 fully saturated rings. The van der Waals surface area contributed by atoms with Crippen LogP contribution >= 0.6 is 0 Å². The van der Waals surface area contributed by atoms with Crippen LogP contribution in [0.2, 0.25) is 0 Å². The first-order valence-electron chi connectivity index (χ1n) is 9.58. The SMILES string of the molecule is CC(=O)N1c2ccc(NC(=O)c3cccc(N4CCCC4=O)c3)cc2C[C@@H]1C. The van der Waals surface area contributed by atoms with Crippen LogP contribution in [0.4, 0.5) is 17.1 Å². The third-order valence-electron chi connectivity index (χ3n) is 5.39. The first-order valence-corrected chi connectivity index (χ1v) is 9.58. The Bertz CT molecular complexity index is 969. The molecule has 6 heteroatoms. The maximum Gasteiger partial charge on any atom is 0.255 e. The second-order valence-electron chi connectivity index (χ2n) is 7.44. The predicted molar refractivity (Wildman–Crippen MR) is 109 cm³/mol. The number of carbonyl (C=O) groups excluding carboxylic acids is 3. The minimum Gasteiger partial charge on any atom is -0.322 e. The zero-order valence-corrected chi connectivity index (χ0v) is 16.1. The van der Waals surface area contributed by atoms with Gasteiger partial charge < -0.3 is 15.1 Å². The maximum absolute atomic E-state index is 12.7. The van der Waals surface area contributed by atoms with Gasteiger partial charge in [-0.3, -0.25) is 14.4 Å². The van der Waals surface area contributed by atoms with E-state index in [9.17, 15) is 14.4 Å². The third kappa shape index (κ3) is 3.26. The highest BCUT2D eigenvalue weighted by atomic mass is 16.2. The summed E-state index contributed by atoms with van der Waals surface area (Å²) in [5.41, 5.74) is 3.93. The summed E-state index contributed by atoms with van der Waals surface area (Å²) >= 11 is 0. The highest BCUT2D eigenvalue weighted by molar-refractivity contribution is 6.06. The van der Waals surface area contributed by atoms with Crippen LogP contribution in [0, 0.1) is 0 Å². The molecule has 0 aliphatic carbocycles. The quantitative estimate of drug-likeness (QED) is 0.892. The summed E-state index contributed by atoms with van der Waals surface area (Å²) in [5.74, 6) is -0.0976. The van der Waals surface area contributed by atoms with Crippen molar-refractivity contribution in [3.63, 3.8) is 0 Å². The van der Waals surface area contributed by atoms with Gasteiger partial charge in [0.1, 0.15) is 0 Å². The van der Waals surface area contributed by atoms with E-state index in [1.54, 1.807) is 34.9 Å². The molecule has 0 bridgehead atoms. The Balaban J connectivity index is 1.53. The number of fused-ring (bicyclic) bond motifs is 1. The fourth-order valence-corrected chi connectivity index (χ4v) is 4.13. The lowest BCUT2D eigenvalue weighted by atomic mass is 10.1. The van der Waals surface area contributed by atoms with E-state index in [0.29, 0.717) is 24.2 Å². The molecule has 2 aromatic carbocycles. The van der Waals surface area contributed by atoms with E-state index >= 15 is 0 Å². The average molecular weight is 377 g/mol. The fourth-order valence-electron chi connectivity index (χ4n) is 4.13. The number of carbonyl (C=O) groups is 3. The van der Waals surface area contributed by atoms with Gasteiger partial charge in [-0.15, -0.1) is 0 Å². The Kier molecular flexibility index (Phi) is 4.63. The molecular formula is C22H23N3O3. The van der Waals surface area contributed by atoms with Crippen molar-refractivity contribution in [2.45, 2.75) is 39.2 Å². The molecule has 0 saturated carbocycles. The summed E-state index contributed by atoms with van der Waals surface area (Å²) in [6, 6.07) is 12.9. The first kappa shape index (κ1) is 18.2. The van der Waals surface area contributed by atoms with Crippen molar-refractivity contribution in [2.24, 2.45) is 0 Å². The zero-order chi connectivity index (χ0) is 19.8. The third-order valence-corrected chi connectivity index (χ3v) is 5.39. The molecule has 2 aromatic rings. The Labute approximate surface area is 164 Å². The van der Waals surface area contributed by atoms with Gasteiger partial charge in [-0.1, -0.05) is 6.07 Å². The monoisotopic (exact) mass is 377 g/mol. The molecule has 6 nitrogen and oxygen atoms in total. The predicted octanol–water partition coefficient (Wildman–Crippen LogP) is 3.36. The van der Waals surface area contributed by atoms with Crippen LogP contribution in [0.1, 0.15) is 42.6 Å². The van der Waals surface area contributed by atoms with Crippen molar-refractivity contribution in [3.8, 4) is 0 Å². The van der Waals surface area contributed by atoms with Crippen molar-refractivity contribution in [1.82, 2.24) is 0 Å². The number of hydrogen-bond donors (Lipinski definition) is 1. The number of rotatable bonds is 3. The molecular weight excluding hydrogens is 354 g/mol. The Hall–Kier alpha value is -3.15. The van der Waals surface area contributed by atoms with Gasteiger partial charge >= 0.3 is 0 Å².